The Morgan fingerprint density at radius 3 is 2.00 bits per heavy atom. The maximum absolute atomic E-state index is 5.63. The molecule has 0 saturated heterocycles. The number of hydrogen-bond acceptors (Lipinski definition) is 2. The fourth-order valence-electron chi connectivity index (χ4n) is 1.99. The second kappa shape index (κ2) is 5.65. The van der Waals surface area contributed by atoms with Crippen LogP contribution >= 0.6 is 0 Å². The van der Waals surface area contributed by atoms with Crippen molar-refractivity contribution in [1.29, 1.82) is 0 Å². The molecule has 0 aliphatic heterocycles. The lowest BCUT2D eigenvalue weighted by Crippen LogP contribution is -2.29. The van der Waals surface area contributed by atoms with Crippen LogP contribution in [0, 0.1) is 5.92 Å². The molecule has 0 heterocycles. The third-order valence-electron chi connectivity index (χ3n) is 3.09. The van der Waals surface area contributed by atoms with Crippen molar-refractivity contribution < 1.29 is 0 Å². The van der Waals surface area contributed by atoms with Gasteiger partial charge in [-0.3, -0.25) is 11.3 Å². The molecule has 3 N–H and O–H groups in total. The van der Waals surface area contributed by atoms with Gasteiger partial charge in [0.1, 0.15) is 0 Å². The standard InChI is InChI=1S/C15H26N2/c1-11(2)10-14(17-16)12-6-8-13(9-7-12)15(3,4)5/h6-9,11,14,17H,10,16H2,1-5H3. The van der Waals surface area contributed by atoms with E-state index < -0.39 is 0 Å². The lowest BCUT2D eigenvalue weighted by atomic mass is 9.86. The minimum Gasteiger partial charge on any atom is -0.271 e. The summed E-state index contributed by atoms with van der Waals surface area (Å²) < 4.78 is 0. The van der Waals surface area contributed by atoms with Crippen LogP contribution in [0.4, 0.5) is 0 Å². The average molecular weight is 234 g/mol. The van der Waals surface area contributed by atoms with Gasteiger partial charge in [-0.2, -0.15) is 0 Å². The van der Waals surface area contributed by atoms with Crippen LogP contribution in [0.15, 0.2) is 24.3 Å². The summed E-state index contributed by atoms with van der Waals surface area (Å²) in [7, 11) is 0. The molecular formula is C15H26N2. The quantitative estimate of drug-likeness (QED) is 0.618. The van der Waals surface area contributed by atoms with Gasteiger partial charge in [0.15, 0.2) is 0 Å². The van der Waals surface area contributed by atoms with E-state index in [9.17, 15) is 0 Å². The molecule has 1 rings (SSSR count). The summed E-state index contributed by atoms with van der Waals surface area (Å²) in [6, 6.07) is 9.05. The molecule has 0 saturated carbocycles. The van der Waals surface area contributed by atoms with Crippen LogP contribution in [0.2, 0.25) is 0 Å². The molecule has 0 amide bonds. The maximum Gasteiger partial charge on any atom is 0.0462 e. The first kappa shape index (κ1) is 14.2. The Labute approximate surface area is 106 Å². The fourth-order valence-corrected chi connectivity index (χ4v) is 1.99. The van der Waals surface area contributed by atoms with E-state index in [1.54, 1.807) is 0 Å². The second-order valence-corrected chi connectivity index (χ2v) is 6.22. The van der Waals surface area contributed by atoms with Crippen molar-refractivity contribution >= 4 is 0 Å². The number of nitrogens with two attached hydrogens (primary N) is 1. The van der Waals surface area contributed by atoms with Gasteiger partial charge in [-0.15, -0.1) is 0 Å². The topological polar surface area (TPSA) is 38.0 Å². The molecule has 0 aliphatic carbocycles. The van der Waals surface area contributed by atoms with E-state index in [1.165, 1.54) is 11.1 Å². The number of benzene rings is 1. The van der Waals surface area contributed by atoms with Crippen LogP contribution in [0.1, 0.15) is 58.2 Å². The van der Waals surface area contributed by atoms with Crippen LogP contribution in [-0.4, -0.2) is 0 Å². The lowest BCUT2D eigenvalue weighted by molar-refractivity contribution is 0.438. The van der Waals surface area contributed by atoms with Gasteiger partial charge < -0.3 is 0 Å². The molecule has 0 bridgehead atoms. The van der Waals surface area contributed by atoms with Gasteiger partial charge in [-0.1, -0.05) is 58.9 Å². The zero-order chi connectivity index (χ0) is 13.1. The summed E-state index contributed by atoms with van der Waals surface area (Å²) >= 11 is 0. The zero-order valence-corrected chi connectivity index (χ0v) is 11.7. The Bertz CT molecular complexity index is 333. The van der Waals surface area contributed by atoms with Gasteiger partial charge in [-0.25, -0.2) is 0 Å². The Kier molecular flexibility index (Phi) is 4.72. The van der Waals surface area contributed by atoms with E-state index in [2.05, 4.69) is 64.3 Å². The minimum absolute atomic E-state index is 0.211. The first-order valence-corrected chi connectivity index (χ1v) is 6.41. The predicted octanol–water partition coefficient (Wildman–Crippen LogP) is 3.53. The second-order valence-electron chi connectivity index (χ2n) is 6.22. The molecule has 17 heavy (non-hydrogen) atoms. The number of hydrogen-bond donors (Lipinski definition) is 2. The number of rotatable bonds is 4. The van der Waals surface area contributed by atoms with Crippen LogP contribution in [0.5, 0.6) is 0 Å². The van der Waals surface area contributed by atoms with E-state index >= 15 is 0 Å². The summed E-state index contributed by atoms with van der Waals surface area (Å²) in [6.45, 7) is 11.1. The Balaban J connectivity index is 2.85. The molecule has 2 nitrogen and oxygen atoms in total. The van der Waals surface area contributed by atoms with Crippen LogP contribution in [0.3, 0.4) is 0 Å². The number of nitrogens with one attached hydrogen (secondary N) is 1. The summed E-state index contributed by atoms with van der Waals surface area (Å²) in [5, 5.41) is 0. The smallest absolute Gasteiger partial charge is 0.0462 e. The Hall–Kier alpha value is -0.860. The van der Waals surface area contributed by atoms with Gasteiger partial charge in [0.2, 0.25) is 0 Å². The third kappa shape index (κ3) is 4.14. The van der Waals surface area contributed by atoms with Crippen molar-refractivity contribution in [2.75, 3.05) is 0 Å². The highest BCUT2D eigenvalue weighted by molar-refractivity contribution is 5.29. The maximum atomic E-state index is 5.63. The average Bonchev–Trinajstić information content (AvgIpc) is 2.24. The highest BCUT2D eigenvalue weighted by Gasteiger charge is 2.15. The highest BCUT2D eigenvalue weighted by atomic mass is 15.2. The monoisotopic (exact) mass is 234 g/mol. The minimum atomic E-state index is 0.211. The van der Waals surface area contributed by atoms with Crippen molar-refractivity contribution in [3.05, 3.63) is 35.4 Å². The van der Waals surface area contributed by atoms with E-state index in [0.717, 1.165) is 6.42 Å². The predicted molar refractivity (Wildman–Crippen MR) is 74.7 cm³/mol. The molecule has 0 fully saturated rings. The van der Waals surface area contributed by atoms with Gasteiger partial charge in [0.25, 0.3) is 0 Å². The normalized spacial score (nSPS) is 14.1. The third-order valence-corrected chi connectivity index (χ3v) is 3.09. The summed E-state index contributed by atoms with van der Waals surface area (Å²) in [5.41, 5.74) is 5.75. The van der Waals surface area contributed by atoms with Gasteiger partial charge in [0.05, 0.1) is 0 Å². The SMILES string of the molecule is CC(C)CC(NN)c1ccc(C(C)(C)C)cc1. The largest absolute Gasteiger partial charge is 0.271 e. The van der Waals surface area contributed by atoms with Gasteiger partial charge >= 0.3 is 0 Å². The highest BCUT2D eigenvalue weighted by Crippen LogP contribution is 2.25. The number of hydrazine groups is 1. The Morgan fingerprint density at radius 1 is 1.12 bits per heavy atom. The Morgan fingerprint density at radius 2 is 1.65 bits per heavy atom. The van der Waals surface area contributed by atoms with Gasteiger partial charge in [0, 0.05) is 6.04 Å². The van der Waals surface area contributed by atoms with Crippen LogP contribution in [-0.2, 0) is 5.41 Å². The molecule has 2 heteroatoms. The van der Waals surface area contributed by atoms with E-state index in [-0.39, 0.29) is 11.5 Å². The van der Waals surface area contributed by atoms with Crippen molar-refractivity contribution in [1.82, 2.24) is 5.43 Å². The lowest BCUT2D eigenvalue weighted by Gasteiger charge is -2.22. The van der Waals surface area contributed by atoms with Crippen LogP contribution in [0.25, 0.3) is 0 Å². The molecule has 1 aromatic rings. The van der Waals surface area contributed by atoms with E-state index in [0.29, 0.717) is 5.92 Å². The van der Waals surface area contributed by atoms with Crippen molar-refractivity contribution in [2.24, 2.45) is 11.8 Å². The first-order valence-electron chi connectivity index (χ1n) is 6.41. The van der Waals surface area contributed by atoms with Gasteiger partial charge in [-0.05, 0) is 28.9 Å². The van der Waals surface area contributed by atoms with Crippen LogP contribution < -0.4 is 11.3 Å². The molecule has 0 radical (unpaired) electrons. The molecule has 1 aromatic carbocycles. The molecule has 96 valence electrons. The molecule has 1 unspecified atom stereocenters. The van der Waals surface area contributed by atoms with Crippen molar-refractivity contribution in [2.45, 2.75) is 52.5 Å². The van der Waals surface area contributed by atoms with Crippen molar-refractivity contribution in [3.63, 3.8) is 0 Å². The summed E-state index contributed by atoms with van der Waals surface area (Å²) in [6.07, 6.45) is 1.06. The summed E-state index contributed by atoms with van der Waals surface area (Å²) in [4.78, 5) is 0. The molecular weight excluding hydrogens is 208 g/mol. The van der Waals surface area contributed by atoms with Crippen molar-refractivity contribution in [3.8, 4) is 0 Å². The molecule has 0 aromatic heterocycles. The molecule has 1 atom stereocenters. The molecule has 0 spiro atoms. The first-order chi connectivity index (χ1) is 7.84. The van der Waals surface area contributed by atoms with E-state index in [1.807, 2.05) is 0 Å². The fraction of sp³-hybridized carbons (Fsp3) is 0.600. The zero-order valence-electron chi connectivity index (χ0n) is 11.7. The van der Waals surface area contributed by atoms with E-state index in [4.69, 9.17) is 5.84 Å². The molecule has 0 aliphatic rings. The summed E-state index contributed by atoms with van der Waals surface area (Å²) in [5.74, 6) is 6.26.